The zero-order valence-electron chi connectivity index (χ0n) is 10.0. The zero-order chi connectivity index (χ0) is 12.1. The van der Waals surface area contributed by atoms with Gasteiger partial charge in [-0.15, -0.1) is 0 Å². The summed E-state index contributed by atoms with van der Waals surface area (Å²) in [6.45, 7) is 3.46. The van der Waals surface area contributed by atoms with Crippen LogP contribution in [0, 0.1) is 0 Å². The van der Waals surface area contributed by atoms with Crippen LogP contribution in [0.15, 0.2) is 30.6 Å². The van der Waals surface area contributed by atoms with Crippen molar-refractivity contribution in [3.05, 3.63) is 30.6 Å². The Morgan fingerprint density at radius 3 is 3.06 bits per heavy atom. The second-order valence-corrected chi connectivity index (χ2v) is 3.98. The number of rotatable bonds is 5. The summed E-state index contributed by atoms with van der Waals surface area (Å²) >= 11 is 0. The van der Waals surface area contributed by atoms with Crippen LogP contribution >= 0.6 is 0 Å². The molecule has 0 saturated carbocycles. The maximum Gasteiger partial charge on any atom is 0.219 e. The van der Waals surface area contributed by atoms with Gasteiger partial charge in [0, 0.05) is 19.5 Å². The number of aryl methyl sites for hydroxylation is 1. The molecular weight excluding hydrogens is 214 g/mol. The summed E-state index contributed by atoms with van der Waals surface area (Å²) in [5.74, 6) is 0.112. The predicted molar refractivity (Wildman–Crippen MR) is 67.7 cm³/mol. The molecule has 1 heterocycles. The van der Waals surface area contributed by atoms with Crippen molar-refractivity contribution in [3.8, 4) is 0 Å². The average Bonchev–Trinajstić information content (AvgIpc) is 2.78. The molecule has 0 aliphatic carbocycles. The molecule has 0 unspecified atom stereocenters. The van der Waals surface area contributed by atoms with Crippen LogP contribution in [0.2, 0.25) is 0 Å². The standard InChI is InChI=1S/C13H17N3O/c1-2-13(17)14-8-5-9-16-10-15-11-6-3-4-7-12(11)16/h3-4,6-7,10H,2,5,8-9H2,1H3,(H,14,17). The second kappa shape index (κ2) is 5.48. The minimum Gasteiger partial charge on any atom is -0.356 e. The molecule has 1 aromatic carbocycles. The van der Waals surface area contributed by atoms with E-state index in [1.54, 1.807) is 0 Å². The summed E-state index contributed by atoms with van der Waals surface area (Å²) in [6.07, 6.45) is 3.33. The maximum absolute atomic E-state index is 11.1. The summed E-state index contributed by atoms with van der Waals surface area (Å²) < 4.78 is 2.12. The highest BCUT2D eigenvalue weighted by Crippen LogP contribution is 2.11. The molecule has 90 valence electrons. The minimum absolute atomic E-state index is 0.112. The largest absolute Gasteiger partial charge is 0.356 e. The van der Waals surface area contributed by atoms with E-state index in [9.17, 15) is 4.79 Å². The Morgan fingerprint density at radius 2 is 2.24 bits per heavy atom. The van der Waals surface area contributed by atoms with Crippen LogP contribution < -0.4 is 5.32 Å². The fourth-order valence-corrected chi connectivity index (χ4v) is 1.79. The number of carbonyl (C=O) groups is 1. The number of carbonyl (C=O) groups excluding carboxylic acids is 1. The molecule has 0 spiro atoms. The molecule has 0 atom stereocenters. The molecular formula is C13H17N3O. The SMILES string of the molecule is CCC(=O)NCCCn1cnc2ccccc21. The van der Waals surface area contributed by atoms with Gasteiger partial charge in [-0.25, -0.2) is 4.98 Å². The number of aromatic nitrogens is 2. The Kier molecular flexibility index (Phi) is 3.75. The smallest absolute Gasteiger partial charge is 0.219 e. The summed E-state index contributed by atoms with van der Waals surface area (Å²) in [6, 6.07) is 8.07. The number of amides is 1. The van der Waals surface area contributed by atoms with Crippen LogP contribution in [-0.2, 0) is 11.3 Å². The van der Waals surface area contributed by atoms with E-state index in [4.69, 9.17) is 0 Å². The third-order valence-corrected chi connectivity index (χ3v) is 2.75. The van der Waals surface area contributed by atoms with Gasteiger partial charge in [-0.05, 0) is 18.6 Å². The van der Waals surface area contributed by atoms with Crippen LogP contribution in [0.4, 0.5) is 0 Å². The molecule has 4 nitrogen and oxygen atoms in total. The van der Waals surface area contributed by atoms with E-state index in [0.29, 0.717) is 6.42 Å². The van der Waals surface area contributed by atoms with E-state index < -0.39 is 0 Å². The monoisotopic (exact) mass is 231 g/mol. The highest BCUT2D eigenvalue weighted by molar-refractivity contribution is 5.75. The van der Waals surface area contributed by atoms with Crippen LogP contribution in [0.5, 0.6) is 0 Å². The lowest BCUT2D eigenvalue weighted by Gasteiger charge is -2.05. The fraction of sp³-hybridized carbons (Fsp3) is 0.385. The number of fused-ring (bicyclic) bond motifs is 1. The molecule has 4 heteroatoms. The lowest BCUT2D eigenvalue weighted by Crippen LogP contribution is -2.24. The first-order chi connectivity index (χ1) is 8.31. The van der Waals surface area contributed by atoms with Crippen molar-refractivity contribution < 1.29 is 4.79 Å². The number of hydrogen-bond donors (Lipinski definition) is 1. The van der Waals surface area contributed by atoms with Crippen molar-refractivity contribution in [2.24, 2.45) is 0 Å². The van der Waals surface area contributed by atoms with Crippen molar-refractivity contribution in [3.63, 3.8) is 0 Å². The van der Waals surface area contributed by atoms with Gasteiger partial charge < -0.3 is 9.88 Å². The average molecular weight is 231 g/mol. The zero-order valence-corrected chi connectivity index (χ0v) is 10.0. The van der Waals surface area contributed by atoms with Gasteiger partial charge in [0.25, 0.3) is 0 Å². The molecule has 1 amide bonds. The Labute approximate surface area is 101 Å². The quantitative estimate of drug-likeness (QED) is 0.799. The normalized spacial score (nSPS) is 10.6. The molecule has 0 radical (unpaired) electrons. The van der Waals surface area contributed by atoms with Gasteiger partial charge in [0.1, 0.15) is 0 Å². The molecule has 2 aromatic rings. The van der Waals surface area contributed by atoms with Crippen molar-refractivity contribution >= 4 is 16.9 Å². The van der Waals surface area contributed by atoms with E-state index in [1.807, 2.05) is 31.5 Å². The molecule has 1 aromatic heterocycles. The van der Waals surface area contributed by atoms with Gasteiger partial charge in [-0.2, -0.15) is 0 Å². The van der Waals surface area contributed by atoms with Gasteiger partial charge in [0.05, 0.1) is 17.4 Å². The predicted octanol–water partition coefficient (Wildman–Crippen LogP) is 1.95. The second-order valence-electron chi connectivity index (χ2n) is 3.98. The fourth-order valence-electron chi connectivity index (χ4n) is 1.79. The van der Waals surface area contributed by atoms with Gasteiger partial charge in [0.15, 0.2) is 0 Å². The maximum atomic E-state index is 11.1. The molecule has 0 aliphatic heterocycles. The topological polar surface area (TPSA) is 46.9 Å². The van der Waals surface area contributed by atoms with Crippen molar-refractivity contribution in [1.82, 2.24) is 14.9 Å². The first-order valence-corrected chi connectivity index (χ1v) is 5.98. The number of imidazole rings is 1. The highest BCUT2D eigenvalue weighted by Gasteiger charge is 2.01. The van der Waals surface area contributed by atoms with E-state index in [2.05, 4.69) is 20.9 Å². The molecule has 0 bridgehead atoms. The van der Waals surface area contributed by atoms with Crippen molar-refractivity contribution in [1.29, 1.82) is 0 Å². The first-order valence-electron chi connectivity index (χ1n) is 5.98. The number of benzene rings is 1. The molecule has 17 heavy (non-hydrogen) atoms. The lowest BCUT2D eigenvalue weighted by atomic mass is 10.3. The number of nitrogens with one attached hydrogen (secondary N) is 1. The van der Waals surface area contributed by atoms with Gasteiger partial charge >= 0.3 is 0 Å². The Morgan fingerprint density at radius 1 is 1.41 bits per heavy atom. The summed E-state index contributed by atoms with van der Waals surface area (Å²) in [4.78, 5) is 15.4. The number of nitrogens with zero attached hydrogens (tertiary/aromatic N) is 2. The van der Waals surface area contributed by atoms with E-state index in [-0.39, 0.29) is 5.91 Å². The van der Waals surface area contributed by atoms with E-state index in [0.717, 1.165) is 30.5 Å². The minimum atomic E-state index is 0.112. The van der Waals surface area contributed by atoms with E-state index >= 15 is 0 Å². The number of para-hydroxylation sites is 2. The van der Waals surface area contributed by atoms with Gasteiger partial charge in [0.2, 0.25) is 5.91 Å². The Bertz CT molecular complexity index is 504. The van der Waals surface area contributed by atoms with Crippen LogP contribution in [0.25, 0.3) is 11.0 Å². The summed E-state index contributed by atoms with van der Waals surface area (Å²) in [5.41, 5.74) is 2.17. The van der Waals surface area contributed by atoms with Crippen LogP contribution in [-0.4, -0.2) is 22.0 Å². The lowest BCUT2D eigenvalue weighted by molar-refractivity contribution is -0.120. The highest BCUT2D eigenvalue weighted by atomic mass is 16.1. The molecule has 0 fully saturated rings. The van der Waals surface area contributed by atoms with Crippen LogP contribution in [0.3, 0.4) is 0 Å². The third kappa shape index (κ3) is 2.84. The van der Waals surface area contributed by atoms with Gasteiger partial charge in [-0.3, -0.25) is 4.79 Å². The summed E-state index contributed by atoms with van der Waals surface area (Å²) in [5, 5.41) is 2.87. The summed E-state index contributed by atoms with van der Waals surface area (Å²) in [7, 11) is 0. The molecule has 1 N–H and O–H groups in total. The molecule has 0 aliphatic rings. The first kappa shape index (κ1) is 11.6. The molecule has 0 saturated heterocycles. The Balaban J connectivity index is 1.89. The molecule has 2 rings (SSSR count). The Hall–Kier alpha value is -1.84. The van der Waals surface area contributed by atoms with Gasteiger partial charge in [-0.1, -0.05) is 19.1 Å². The van der Waals surface area contributed by atoms with Crippen molar-refractivity contribution in [2.75, 3.05) is 6.54 Å². The van der Waals surface area contributed by atoms with Crippen LogP contribution in [0.1, 0.15) is 19.8 Å². The van der Waals surface area contributed by atoms with E-state index in [1.165, 1.54) is 0 Å². The number of hydrogen-bond acceptors (Lipinski definition) is 2. The third-order valence-electron chi connectivity index (χ3n) is 2.75. The van der Waals surface area contributed by atoms with Crippen molar-refractivity contribution in [2.45, 2.75) is 26.3 Å².